The highest BCUT2D eigenvalue weighted by molar-refractivity contribution is 6.44. The Morgan fingerprint density at radius 3 is 1.53 bits per heavy atom. The van der Waals surface area contributed by atoms with Crippen LogP contribution in [0, 0.1) is 0 Å². The Bertz CT molecular complexity index is 3790. The maximum Gasteiger partial charge on any atom is 0.160 e. The minimum Gasteiger partial charge on any atom is -0.454 e. The van der Waals surface area contributed by atoms with E-state index in [0.717, 1.165) is 44.3 Å². The van der Waals surface area contributed by atoms with Crippen LogP contribution < -0.4 is 0 Å². The largest absolute Gasteiger partial charge is 0.454 e. The molecular weight excluding hydrogens is 693 g/mol. The molecule has 264 valence electrons. The van der Waals surface area contributed by atoms with Gasteiger partial charge in [0.1, 0.15) is 5.58 Å². The molecule has 57 heavy (non-hydrogen) atoms. The molecule has 13 aromatic rings. The number of aromatic nitrogens is 2. The maximum atomic E-state index is 7.01. The summed E-state index contributed by atoms with van der Waals surface area (Å²) in [5.41, 5.74) is 11.1. The lowest BCUT2D eigenvalue weighted by Crippen LogP contribution is -1.95. The molecule has 0 saturated heterocycles. The van der Waals surface area contributed by atoms with Crippen molar-refractivity contribution in [2.45, 2.75) is 0 Å². The predicted octanol–water partition coefficient (Wildman–Crippen LogP) is 14.9. The molecule has 0 aliphatic heterocycles. The van der Waals surface area contributed by atoms with Crippen molar-refractivity contribution in [1.29, 1.82) is 0 Å². The summed E-state index contributed by atoms with van der Waals surface area (Å²) >= 11 is 0. The number of rotatable bonds is 3. The number of furan rings is 1. The Morgan fingerprint density at radius 1 is 0.298 bits per heavy atom. The summed E-state index contributed by atoms with van der Waals surface area (Å²) in [7, 11) is 0. The first kappa shape index (κ1) is 30.7. The molecule has 3 aromatic heterocycles. The molecule has 0 bridgehead atoms. The van der Waals surface area contributed by atoms with E-state index in [1.54, 1.807) is 0 Å². The second kappa shape index (κ2) is 11.5. The highest BCUT2D eigenvalue weighted by atomic mass is 16.3. The van der Waals surface area contributed by atoms with Crippen LogP contribution in [-0.2, 0) is 0 Å². The van der Waals surface area contributed by atoms with Crippen molar-refractivity contribution in [1.82, 2.24) is 9.13 Å². The van der Waals surface area contributed by atoms with Gasteiger partial charge in [0.05, 0.1) is 22.1 Å². The van der Waals surface area contributed by atoms with Crippen LogP contribution in [-0.4, -0.2) is 9.13 Å². The molecule has 0 aliphatic carbocycles. The molecule has 3 heterocycles. The Morgan fingerprint density at radius 2 is 0.807 bits per heavy atom. The van der Waals surface area contributed by atoms with E-state index in [0.29, 0.717) is 0 Å². The Hall–Kier alpha value is -7.62. The van der Waals surface area contributed by atoms with E-state index in [-0.39, 0.29) is 0 Å². The van der Waals surface area contributed by atoms with Gasteiger partial charge in [-0.25, -0.2) is 0 Å². The lowest BCUT2D eigenvalue weighted by molar-refractivity contribution is 0.671. The van der Waals surface area contributed by atoms with E-state index in [2.05, 4.69) is 203 Å². The van der Waals surface area contributed by atoms with Gasteiger partial charge in [0, 0.05) is 54.5 Å². The van der Waals surface area contributed by atoms with Crippen LogP contribution in [0.15, 0.2) is 199 Å². The lowest BCUT2D eigenvalue weighted by atomic mass is 9.89. The lowest BCUT2D eigenvalue weighted by Gasteiger charge is -2.14. The zero-order valence-electron chi connectivity index (χ0n) is 30.8. The highest BCUT2D eigenvalue weighted by Gasteiger charge is 2.25. The fraction of sp³-hybridized carbons (Fsp3) is 0. The molecule has 0 aliphatic rings. The first-order chi connectivity index (χ1) is 28.3. The van der Waals surface area contributed by atoms with Crippen LogP contribution in [0.25, 0.3) is 120 Å². The number of fused-ring (bicyclic) bond motifs is 18. The fourth-order valence-electron chi connectivity index (χ4n) is 9.91. The van der Waals surface area contributed by atoms with Gasteiger partial charge in [-0.1, -0.05) is 146 Å². The zero-order chi connectivity index (χ0) is 37.2. The summed E-state index contributed by atoms with van der Waals surface area (Å²) in [6.45, 7) is 0. The fourth-order valence-corrected chi connectivity index (χ4v) is 9.91. The SMILES string of the molecule is c1ccc(-n2c3ccccc3c3ccc(-c4ccc(-n5c6ccccc6c6c7c8ccccc8c8ccccc8c7c7c8ccccc8oc7c65)cc4)cc32)cc1. The Kier molecular flexibility index (Phi) is 6.16. The van der Waals surface area contributed by atoms with Gasteiger partial charge in [-0.3, -0.25) is 0 Å². The van der Waals surface area contributed by atoms with Gasteiger partial charge >= 0.3 is 0 Å². The minimum atomic E-state index is 0.897. The van der Waals surface area contributed by atoms with Crippen molar-refractivity contribution >= 4 is 97.9 Å². The van der Waals surface area contributed by atoms with Crippen molar-refractivity contribution in [3.05, 3.63) is 194 Å². The molecule has 0 spiro atoms. The van der Waals surface area contributed by atoms with Gasteiger partial charge in [0.25, 0.3) is 0 Å². The number of para-hydroxylation sites is 4. The van der Waals surface area contributed by atoms with Crippen molar-refractivity contribution in [3.8, 4) is 22.5 Å². The Labute approximate surface area is 326 Å². The molecule has 3 heteroatoms. The molecule has 13 rings (SSSR count). The average Bonchev–Trinajstić information content (AvgIpc) is 3.95. The summed E-state index contributed by atoms with van der Waals surface area (Å²) in [4.78, 5) is 0. The molecule has 0 radical (unpaired) electrons. The topological polar surface area (TPSA) is 23.0 Å². The van der Waals surface area contributed by atoms with Crippen molar-refractivity contribution in [3.63, 3.8) is 0 Å². The van der Waals surface area contributed by atoms with Gasteiger partial charge in [-0.05, 0) is 81.2 Å². The number of nitrogens with zero attached hydrogens (tertiary/aromatic N) is 2. The predicted molar refractivity (Wildman–Crippen MR) is 240 cm³/mol. The number of benzene rings is 10. The Balaban J connectivity index is 1.11. The highest BCUT2D eigenvalue weighted by Crippen LogP contribution is 2.50. The van der Waals surface area contributed by atoms with Crippen LogP contribution >= 0.6 is 0 Å². The summed E-state index contributed by atoms with van der Waals surface area (Å²) in [6.07, 6.45) is 0. The van der Waals surface area contributed by atoms with E-state index >= 15 is 0 Å². The molecule has 10 aromatic carbocycles. The van der Waals surface area contributed by atoms with E-state index in [1.165, 1.54) is 76.0 Å². The van der Waals surface area contributed by atoms with Crippen molar-refractivity contribution in [2.24, 2.45) is 0 Å². The molecule has 0 N–H and O–H groups in total. The van der Waals surface area contributed by atoms with Crippen LogP contribution in [0.3, 0.4) is 0 Å². The van der Waals surface area contributed by atoms with E-state index < -0.39 is 0 Å². The third-order valence-corrected chi connectivity index (χ3v) is 12.3. The first-order valence-electron chi connectivity index (χ1n) is 19.6. The molecule has 0 unspecified atom stereocenters. The molecule has 0 atom stereocenters. The van der Waals surface area contributed by atoms with E-state index in [4.69, 9.17) is 4.42 Å². The smallest absolute Gasteiger partial charge is 0.160 e. The van der Waals surface area contributed by atoms with Crippen molar-refractivity contribution in [2.75, 3.05) is 0 Å². The monoisotopic (exact) mass is 724 g/mol. The minimum absolute atomic E-state index is 0.897. The van der Waals surface area contributed by atoms with Crippen LogP contribution in [0.1, 0.15) is 0 Å². The van der Waals surface area contributed by atoms with E-state index in [1.807, 2.05) is 0 Å². The molecule has 0 fully saturated rings. The van der Waals surface area contributed by atoms with Crippen LogP contribution in [0.4, 0.5) is 0 Å². The molecule has 0 amide bonds. The maximum absolute atomic E-state index is 7.01. The molecule has 3 nitrogen and oxygen atoms in total. The molecule has 0 saturated carbocycles. The third-order valence-electron chi connectivity index (χ3n) is 12.3. The standard InChI is InChI=1S/C54H32N2O/c1-2-14-35(15-3-1)55-45-23-11-8-18-39(45)40-31-28-34(32-47(40)55)33-26-29-36(30-27-33)56-46-24-12-9-21-43(46)51-49-41-19-6-4-16-37(41)38-17-5-7-20-42(38)50(49)52-44-22-10-13-25-48(44)57-54(52)53(51)56/h1-32H. The summed E-state index contributed by atoms with van der Waals surface area (Å²) in [5, 5.41) is 14.8. The second-order valence-electron chi connectivity index (χ2n) is 15.2. The number of hydrogen-bond acceptors (Lipinski definition) is 1. The number of hydrogen-bond donors (Lipinski definition) is 0. The van der Waals surface area contributed by atoms with E-state index in [9.17, 15) is 0 Å². The second-order valence-corrected chi connectivity index (χ2v) is 15.2. The summed E-state index contributed by atoms with van der Waals surface area (Å²) < 4.78 is 11.8. The van der Waals surface area contributed by atoms with Crippen molar-refractivity contribution < 1.29 is 4.42 Å². The van der Waals surface area contributed by atoms with Gasteiger partial charge in [0.15, 0.2) is 5.58 Å². The quantitative estimate of drug-likeness (QED) is 0.166. The first-order valence-corrected chi connectivity index (χ1v) is 19.6. The summed E-state index contributed by atoms with van der Waals surface area (Å²) in [6, 6.07) is 70.5. The van der Waals surface area contributed by atoms with Crippen LogP contribution in [0.5, 0.6) is 0 Å². The van der Waals surface area contributed by atoms with Gasteiger partial charge < -0.3 is 13.6 Å². The van der Waals surface area contributed by atoms with Crippen LogP contribution in [0.2, 0.25) is 0 Å². The zero-order valence-corrected chi connectivity index (χ0v) is 30.8. The average molecular weight is 725 g/mol. The third kappa shape index (κ3) is 4.15. The summed E-state index contributed by atoms with van der Waals surface area (Å²) in [5.74, 6) is 0. The molecular formula is C54H32N2O. The van der Waals surface area contributed by atoms with Gasteiger partial charge in [0.2, 0.25) is 0 Å². The van der Waals surface area contributed by atoms with Gasteiger partial charge in [-0.2, -0.15) is 0 Å². The van der Waals surface area contributed by atoms with Gasteiger partial charge in [-0.15, -0.1) is 0 Å². The normalized spacial score (nSPS) is 12.2.